The molecule has 8 rings (SSSR count). The molecule has 0 radical (unpaired) electrons. The molecule has 5 aliphatic rings. The van der Waals surface area contributed by atoms with Crippen molar-refractivity contribution in [3.05, 3.63) is 64.8 Å². The monoisotopic (exact) mass is 673 g/mol. The number of halogens is 3. The van der Waals surface area contributed by atoms with Crippen molar-refractivity contribution in [3.63, 3.8) is 0 Å². The Balaban J connectivity index is 1.14. The normalized spacial score (nSPS) is 24.5. The Morgan fingerprint density at radius 1 is 1.12 bits per heavy atom. The molecule has 0 bridgehead atoms. The van der Waals surface area contributed by atoms with Gasteiger partial charge in [0.2, 0.25) is 0 Å². The summed E-state index contributed by atoms with van der Waals surface area (Å²) in [4.78, 5) is 30.9. The maximum Gasteiger partial charge on any atom is 0.318 e. The Morgan fingerprint density at radius 3 is 2.77 bits per heavy atom. The first-order valence-corrected chi connectivity index (χ1v) is 17.2. The first kappa shape index (κ1) is 31.3. The first-order chi connectivity index (χ1) is 23.2. The third-order valence-electron chi connectivity index (χ3n) is 11.3. The summed E-state index contributed by atoms with van der Waals surface area (Å²) in [5.74, 6) is -1.56. The zero-order valence-electron chi connectivity index (χ0n) is 26.9. The third-order valence-corrected chi connectivity index (χ3v) is 11.6. The standard InChI is InChI=1S/C36H38ClF2N7O2/c1-23(38)33(47)46-17-16-44(18-25(46)8-13-40)32-26-9-15-43(29-5-2-4-24-6-7-27(39)31(37)30(24)29)19-28(26)41-34(42-32)48-22-36-10-3-14-45(36)21-35(20-36)11-12-35/h2,4-7,25H,1,3,8-12,14-22H2/t25-,36?/m0/s1. The number of aromatic nitrogens is 2. The largest absolute Gasteiger partial charge is 0.461 e. The number of hydrogen-bond acceptors (Lipinski definition) is 8. The lowest BCUT2D eigenvalue weighted by atomic mass is 9.89. The molecule has 12 heteroatoms. The molecule has 1 amide bonds. The molecule has 3 saturated heterocycles. The molecular formula is C36H38ClF2N7O2. The van der Waals surface area contributed by atoms with Crippen molar-refractivity contribution in [1.82, 2.24) is 19.8 Å². The van der Waals surface area contributed by atoms with Gasteiger partial charge in [-0.1, -0.05) is 36.4 Å². The summed E-state index contributed by atoms with van der Waals surface area (Å²) >= 11 is 6.53. The van der Waals surface area contributed by atoms with E-state index in [4.69, 9.17) is 26.3 Å². The second-order valence-corrected chi connectivity index (χ2v) is 14.6. The van der Waals surface area contributed by atoms with Crippen LogP contribution in [0.1, 0.15) is 49.8 Å². The third kappa shape index (κ3) is 5.34. The van der Waals surface area contributed by atoms with E-state index < -0.39 is 23.6 Å². The minimum Gasteiger partial charge on any atom is -0.461 e. The summed E-state index contributed by atoms with van der Waals surface area (Å²) in [6, 6.07) is 10.9. The zero-order valence-corrected chi connectivity index (χ0v) is 27.6. The molecule has 1 spiro atoms. The van der Waals surface area contributed by atoms with Gasteiger partial charge in [-0.15, -0.1) is 0 Å². The van der Waals surface area contributed by atoms with Gasteiger partial charge in [0.05, 0.1) is 41.3 Å². The molecule has 0 N–H and O–H groups in total. The van der Waals surface area contributed by atoms with Gasteiger partial charge in [0, 0.05) is 49.4 Å². The van der Waals surface area contributed by atoms with E-state index in [1.807, 2.05) is 18.2 Å². The highest BCUT2D eigenvalue weighted by Gasteiger charge is 2.60. The number of rotatable bonds is 7. The molecule has 3 aromatic rings. The van der Waals surface area contributed by atoms with E-state index in [-0.39, 0.29) is 23.5 Å². The second kappa shape index (κ2) is 11.8. The number of benzene rings is 2. The highest BCUT2D eigenvalue weighted by molar-refractivity contribution is 6.36. The van der Waals surface area contributed by atoms with Gasteiger partial charge in [-0.25, -0.2) is 8.78 Å². The Labute approximate surface area is 283 Å². The number of anilines is 2. The fourth-order valence-electron chi connectivity index (χ4n) is 8.75. The van der Waals surface area contributed by atoms with Crippen molar-refractivity contribution < 1.29 is 18.3 Å². The number of carbonyl (C=O) groups excluding carboxylic acids is 1. The average molecular weight is 674 g/mol. The molecule has 2 atom stereocenters. The molecule has 1 aliphatic carbocycles. The molecule has 5 heterocycles. The van der Waals surface area contributed by atoms with Crippen molar-refractivity contribution in [2.45, 2.75) is 63.1 Å². The average Bonchev–Trinajstić information content (AvgIpc) is 3.63. The van der Waals surface area contributed by atoms with E-state index in [1.165, 1.54) is 23.8 Å². The second-order valence-electron chi connectivity index (χ2n) is 14.2. The quantitative estimate of drug-likeness (QED) is 0.291. The fraction of sp³-hybridized carbons (Fsp3) is 0.500. The zero-order chi connectivity index (χ0) is 33.2. The van der Waals surface area contributed by atoms with Crippen LogP contribution in [0, 0.1) is 22.6 Å². The number of fused-ring (bicyclic) bond motifs is 3. The molecule has 4 fully saturated rings. The summed E-state index contributed by atoms with van der Waals surface area (Å²) < 4.78 is 35.1. The van der Waals surface area contributed by atoms with Crippen LogP contribution in [0.15, 0.2) is 42.7 Å². The van der Waals surface area contributed by atoms with Crippen LogP contribution in [0.25, 0.3) is 10.8 Å². The summed E-state index contributed by atoms with van der Waals surface area (Å²) in [6.07, 6.45) is 6.65. The van der Waals surface area contributed by atoms with Gasteiger partial charge in [-0.05, 0) is 68.0 Å². The van der Waals surface area contributed by atoms with Crippen molar-refractivity contribution in [2.75, 3.05) is 55.7 Å². The minimum absolute atomic E-state index is 0.00434. The van der Waals surface area contributed by atoms with E-state index in [2.05, 4.69) is 27.3 Å². The lowest BCUT2D eigenvalue weighted by Crippen LogP contribution is -2.55. The van der Waals surface area contributed by atoms with Crippen LogP contribution in [-0.2, 0) is 17.8 Å². The summed E-state index contributed by atoms with van der Waals surface area (Å²) in [5.41, 5.74) is 3.07. The highest BCUT2D eigenvalue weighted by Crippen LogP contribution is 2.60. The van der Waals surface area contributed by atoms with Gasteiger partial charge in [-0.2, -0.15) is 15.2 Å². The predicted molar refractivity (Wildman–Crippen MR) is 179 cm³/mol. The SMILES string of the molecule is C=C(F)C(=O)N1CCN(c2nc(OCC34CCCN3CC3(CC3)C4)nc3c2CCN(c2cccc4ccc(F)c(Cl)c24)C3)C[C@@H]1CC#N. The lowest BCUT2D eigenvalue weighted by Gasteiger charge is -2.42. The van der Waals surface area contributed by atoms with Crippen molar-refractivity contribution in [2.24, 2.45) is 5.41 Å². The molecule has 9 nitrogen and oxygen atoms in total. The highest BCUT2D eigenvalue weighted by atomic mass is 35.5. The molecule has 48 heavy (non-hydrogen) atoms. The minimum atomic E-state index is -1.03. The number of nitriles is 1. The van der Waals surface area contributed by atoms with Gasteiger partial charge >= 0.3 is 6.01 Å². The lowest BCUT2D eigenvalue weighted by molar-refractivity contribution is -0.131. The van der Waals surface area contributed by atoms with Crippen LogP contribution < -0.4 is 14.5 Å². The number of nitrogens with zero attached hydrogens (tertiary/aromatic N) is 7. The van der Waals surface area contributed by atoms with Crippen LogP contribution in [0.2, 0.25) is 5.02 Å². The fourth-order valence-corrected chi connectivity index (χ4v) is 9.02. The van der Waals surface area contributed by atoms with Crippen LogP contribution in [0.3, 0.4) is 0 Å². The van der Waals surface area contributed by atoms with Gasteiger partial charge in [0.15, 0.2) is 5.83 Å². The first-order valence-electron chi connectivity index (χ1n) is 16.9. The predicted octanol–water partition coefficient (Wildman–Crippen LogP) is 5.80. The maximum absolute atomic E-state index is 14.6. The Hall–Kier alpha value is -4.01. The summed E-state index contributed by atoms with van der Waals surface area (Å²) in [5, 5.41) is 11.2. The molecule has 1 saturated carbocycles. The molecule has 250 valence electrons. The van der Waals surface area contributed by atoms with Crippen molar-refractivity contribution in [3.8, 4) is 12.1 Å². The van der Waals surface area contributed by atoms with Gasteiger partial charge in [0.25, 0.3) is 5.91 Å². The van der Waals surface area contributed by atoms with Gasteiger partial charge < -0.3 is 19.4 Å². The molecule has 4 aliphatic heterocycles. The summed E-state index contributed by atoms with van der Waals surface area (Å²) in [6.45, 7) is 7.97. The topological polar surface area (TPSA) is 88.8 Å². The van der Waals surface area contributed by atoms with Crippen LogP contribution in [-0.4, -0.2) is 83.1 Å². The number of amides is 1. The summed E-state index contributed by atoms with van der Waals surface area (Å²) in [7, 11) is 0. The molecule has 1 unspecified atom stereocenters. The van der Waals surface area contributed by atoms with E-state index in [0.29, 0.717) is 56.0 Å². The van der Waals surface area contributed by atoms with Gasteiger partial charge in [-0.3, -0.25) is 9.69 Å². The van der Waals surface area contributed by atoms with Crippen molar-refractivity contribution >= 4 is 39.8 Å². The van der Waals surface area contributed by atoms with Crippen LogP contribution in [0.4, 0.5) is 20.3 Å². The Kier molecular flexibility index (Phi) is 7.72. The number of ether oxygens (including phenoxy) is 1. The maximum atomic E-state index is 14.6. The van der Waals surface area contributed by atoms with Gasteiger partial charge in [0.1, 0.15) is 18.2 Å². The van der Waals surface area contributed by atoms with Crippen LogP contribution in [0.5, 0.6) is 6.01 Å². The Bertz CT molecular complexity index is 1860. The number of carbonyl (C=O) groups is 1. The Morgan fingerprint density at radius 2 is 1.98 bits per heavy atom. The number of hydrogen-bond donors (Lipinski definition) is 0. The van der Waals surface area contributed by atoms with Crippen LogP contribution >= 0.6 is 11.6 Å². The molecule has 1 aromatic heterocycles. The smallest absolute Gasteiger partial charge is 0.318 e. The number of piperazine rings is 1. The van der Waals surface area contributed by atoms with Crippen molar-refractivity contribution in [1.29, 1.82) is 5.26 Å². The van der Waals surface area contributed by atoms with E-state index in [1.54, 1.807) is 6.07 Å². The molecular weight excluding hydrogens is 636 g/mol. The van der Waals surface area contributed by atoms with E-state index >= 15 is 0 Å². The van der Waals surface area contributed by atoms with E-state index in [9.17, 15) is 18.8 Å². The molecule has 2 aromatic carbocycles. The van der Waals surface area contributed by atoms with E-state index in [0.717, 1.165) is 60.5 Å².